The Morgan fingerprint density at radius 1 is 1.24 bits per heavy atom. The molecule has 7 heteroatoms. The number of rotatable bonds is 7. The van der Waals surface area contributed by atoms with Crippen LogP contribution in [0.4, 0.5) is 5.69 Å². The van der Waals surface area contributed by atoms with E-state index in [0.717, 1.165) is 43.3 Å². The van der Waals surface area contributed by atoms with E-state index >= 15 is 0 Å². The molecular weight excluding hydrogens is 377 g/mol. The zero-order valence-electron chi connectivity index (χ0n) is 14.8. The maximum atomic E-state index is 12.1. The SMILES string of the molecule is Cc1ccc(CN2CCSCC2)cc1NC(=O)CNCC1CC1.Cl.Cl. The predicted octanol–water partition coefficient (Wildman–Crippen LogP) is 3.33. The number of aryl methyl sites for hydroxylation is 1. The Morgan fingerprint density at radius 3 is 2.64 bits per heavy atom. The smallest absolute Gasteiger partial charge is 0.238 e. The molecule has 3 rings (SSSR count). The first-order chi connectivity index (χ1) is 11.2. The molecule has 1 aliphatic carbocycles. The highest BCUT2D eigenvalue weighted by atomic mass is 35.5. The van der Waals surface area contributed by atoms with E-state index in [1.165, 1.54) is 29.9 Å². The van der Waals surface area contributed by atoms with Gasteiger partial charge in [-0.15, -0.1) is 24.8 Å². The number of carbonyl (C=O) groups excluding carboxylic acids is 1. The zero-order valence-corrected chi connectivity index (χ0v) is 17.2. The minimum atomic E-state index is 0. The number of hydrogen-bond donors (Lipinski definition) is 2. The van der Waals surface area contributed by atoms with Gasteiger partial charge in [-0.2, -0.15) is 11.8 Å². The fraction of sp³-hybridized carbons (Fsp3) is 0.611. The summed E-state index contributed by atoms with van der Waals surface area (Å²) in [6.07, 6.45) is 2.62. The van der Waals surface area contributed by atoms with Gasteiger partial charge in [0.25, 0.3) is 0 Å². The number of benzene rings is 1. The summed E-state index contributed by atoms with van der Waals surface area (Å²) in [6.45, 7) is 6.72. The molecule has 2 fully saturated rings. The van der Waals surface area contributed by atoms with E-state index in [1.807, 2.05) is 11.8 Å². The second-order valence-electron chi connectivity index (χ2n) is 6.66. The van der Waals surface area contributed by atoms with Gasteiger partial charge in [0.2, 0.25) is 5.91 Å². The maximum absolute atomic E-state index is 12.1. The third-order valence-electron chi connectivity index (χ3n) is 4.50. The van der Waals surface area contributed by atoms with Crippen LogP contribution in [0.3, 0.4) is 0 Å². The third kappa shape index (κ3) is 7.75. The summed E-state index contributed by atoms with van der Waals surface area (Å²) in [5.74, 6) is 3.31. The van der Waals surface area contributed by atoms with Crippen molar-refractivity contribution >= 4 is 48.2 Å². The lowest BCUT2D eigenvalue weighted by Crippen LogP contribution is -2.32. The Hall–Kier alpha value is -0.460. The number of anilines is 1. The number of thioether (sulfide) groups is 1. The quantitative estimate of drug-likeness (QED) is 0.729. The summed E-state index contributed by atoms with van der Waals surface area (Å²) in [5.41, 5.74) is 3.36. The molecule has 25 heavy (non-hydrogen) atoms. The summed E-state index contributed by atoms with van der Waals surface area (Å²) in [5, 5.41) is 6.30. The summed E-state index contributed by atoms with van der Waals surface area (Å²) in [7, 11) is 0. The van der Waals surface area contributed by atoms with Crippen molar-refractivity contribution in [2.24, 2.45) is 5.92 Å². The first kappa shape index (κ1) is 22.6. The van der Waals surface area contributed by atoms with Gasteiger partial charge in [0, 0.05) is 36.8 Å². The van der Waals surface area contributed by atoms with Crippen LogP contribution >= 0.6 is 36.6 Å². The molecule has 0 aromatic heterocycles. The van der Waals surface area contributed by atoms with Gasteiger partial charge in [-0.25, -0.2) is 0 Å². The average Bonchev–Trinajstić information content (AvgIpc) is 3.36. The normalized spacial score (nSPS) is 17.3. The van der Waals surface area contributed by atoms with Crippen molar-refractivity contribution < 1.29 is 4.79 Å². The lowest BCUT2D eigenvalue weighted by Gasteiger charge is -2.26. The largest absolute Gasteiger partial charge is 0.325 e. The third-order valence-corrected chi connectivity index (χ3v) is 5.44. The summed E-state index contributed by atoms with van der Waals surface area (Å²) in [4.78, 5) is 14.6. The van der Waals surface area contributed by atoms with E-state index in [1.54, 1.807) is 0 Å². The Labute approximate surface area is 167 Å². The number of nitrogens with zero attached hydrogens (tertiary/aromatic N) is 1. The van der Waals surface area contributed by atoms with Gasteiger partial charge in [-0.05, 0) is 49.4 Å². The first-order valence-corrected chi connectivity index (χ1v) is 9.76. The van der Waals surface area contributed by atoms with E-state index in [9.17, 15) is 4.79 Å². The molecule has 142 valence electrons. The van der Waals surface area contributed by atoms with E-state index < -0.39 is 0 Å². The Balaban J connectivity index is 0.00000156. The van der Waals surface area contributed by atoms with Gasteiger partial charge in [0.05, 0.1) is 6.54 Å². The molecule has 1 aliphatic heterocycles. The molecule has 0 bridgehead atoms. The number of halogens is 2. The number of amides is 1. The van der Waals surface area contributed by atoms with Crippen molar-refractivity contribution in [1.82, 2.24) is 10.2 Å². The van der Waals surface area contributed by atoms with Crippen molar-refractivity contribution in [2.45, 2.75) is 26.3 Å². The van der Waals surface area contributed by atoms with Gasteiger partial charge in [-0.1, -0.05) is 12.1 Å². The van der Waals surface area contributed by atoms with Crippen LogP contribution in [0.2, 0.25) is 0 Å². The second-order valence-corrected chi connectivity index (χ2v) is 7.88. The van der Waals surface area contributed by atoms with Gasteiger partial charge < -0.3 is 10.6 Å². The topological polar surface area (TPSA) is 44.4 Å². The molecule has 2 N–H and O–H groups in total. The van der Waals surface area contributed by atoms with Crippen molar-refractivity contribution in [3.63, 3.8) is 0 Å². The molecule has 1 heterocycles. The highest BCUT2D eigenvalue weighted by Crippen LogP contribution is 2.27. The average molecular weight is 406 g/mol. The van der Waals surface area contributed by atoms with Gasteiger partial charge in [-0.3, -0.25) is 9.69 Å². The Kier molecular flexibility index (Phi) is 10.2. The van der Waals surface area contributed by atoms with Crippen LogP contribution in [0.15, 0.2) is 18.2 Å². The first-order valence-electron chi connectivity index (χ1n) is 8.61. The fourth-order valence-electron chi connectivity index (χ4n) is 2.83. The molecule has 0 atom stereocenters. The van der Waals surface area contributed by atoms with E-state index in [2.05, 4.69) is 40.7 Å². The fourth-order valence-corrected chi connectivity index (χ4v) is 3.80. The van der Waals surface area contributed by atoms with Crippen molar-refractivity contribution in [3.8, 4) is 0 Å². The number of hydrogen-bond acceptors (Lipinski definition) is 4. The van der Waals surface area contributed by atoms with E-state index in [-0.39, 0.29) is 30.7 Å². The molecule has 1 aromatic rings. The molecule has 1 saturated heterocycles. The lowest BCUT2D eigenvalue weighted by atomic mass is 10.1. The molecule has 4 nitrogen and oxygen atoms in total. The van der Waals surface area contributed by atoms with Crippen LogP contribution in [-0.4, -0.2) is 48.5 Å². The minimum Gasteiger partial charge on any atom is -0.325 e. The predicted molar refractivity (Wildman–Crippen MR) is 113 cm³/mol. The highest BCUT2D eigenvalue weighted by molar-refractivity contribution is 7.99. The second kappa shape index (κ2) is 11.3. The number of nitrogens with one attached hydrogen (secondary N) is 2. The summed E-state index contributed by atoms with van der Waals surface area (Å²) < 4.78 is 0. The van der Waals surface area contributed by atoms with E-state index in [0.29, 0.717) is 6.54 Å². The van der Waals surface area contributed by atoms with Crippen LogP contribution in [0.5, 0.6) is 0 Å². The Morgan fingerprint density at radius 2 is 1.96 bits per heavy atom. The monoisotopic (exact) mass is 405 g/mol. The zero-order chi connectivity index (χ0) is 16.1. The van der Waals surface area contributed by atoms with Crippen LogP contribution in [0.25, 0.3) is 0 Å². The van der Waals surface area contributed by atoms with Crippen LogP contribution < -0.4 is 10.6 Å². The van der Waals surface area contributed by atoms with Gasteiger partial charge in [0.15, 0.2) is 0 Å². The van der Waals surface area contributed by atoms with E-state index in [4.69, 9.17) is 0 Å². The summed E-state index contributed by atoms with van der Waals surface area (Å²) in [6, 6.07) is 6.43. The maximum Gasteiger partial charge on any atom is 0.238 e. The van der Waals surface area contributed by atoms with Crippen LogP contribution in [0, 0.1) is 12.8 Å². The molecule has 2 aliphatic rings. The molecule has 1 aromatic carbocycles. The van der Waals surface area contributed by atoms with Crippen LogP contribution in [0.1, 0.15) is 24.0 Å². The van der Waals surface area contributed by atoms with Crippen molar-refractivity contribution in [1.29, 1.82) is 0 Å². The molecule has 0 unspecified atom stereocenters. The summed E-state index contributed by atoms with van der Waals surface area (Å²) >= 11 is 2.03. The minimum absolute atomic E-state index is 0. The number of carbonyl (C=O) groups is 1. The van der Waals surface area contributed by atoms with Crippen LogP contribution in [-0.2, 0) is 11.3 Å². The highest BCUT2D eigenvalue weighted by Gasteiger charge is 2.20. The Bertz CT molecular complexity index is 549. The van der Waals surface area contributed by atoms with Gasteiger partial charge >= 0.3 is 0 Å². The molecular formula is C18H29Cl2N3OS. The lowest BCUT2D eigenvalue weighted by molar-refractivity contribution is -0.115. The molecule has 1 saturated carbocycles. The van der Waals surface area contributed by atoms with Crippen molar-refractivity contribution in [3.05, 3.63) is 29.3 Å². The molecule has 0 radical (unpaired) electrons. The van der Waals surface area contributed by atoms with Gasteiger partial charge in [0.1, 0.15) is 0 Å². The van der Waals surface area contributed by atoms with Crippen molar-refractivity contribution in [2.75, 3.05) is 43.0 Å². The molecule has 0 spiro atoms. The standard InChI is InChI=1S/C18H27N3OS.2ClH/c1-14-2-3-16(13-21-6-8-23-9-7-21)10-17(14)20-18(22)12-19-11-15-4-5-15;;/h2-3,10,15,19H,4-9,11-13H2,1H3,(H,20,22);2*1H. The molecule has 1 amide bonds.